The van der Waals surface area contributed by atoms with Gasteiger partial charge in [0.2, 0.25) is 0 Å². The topological polar surface area (TPSA) is 86.8 Å². The SMILES string of the molecule is COc1cc(C)ccc1OCC(=O)O[C@H](C)C(=O)Nc1nc(-c2ccc(F)c(F)c2)cs1. The van der Waals surface area contributed by atoms with Crippen molar-refractivity contribution in [2.75, 3.05) is 19.0 Å². The maximum atomic E-state index is 13.4. The average molecular weight is 462 g/mol. The molecule has 0 saturated heterocycles. The minimum absolute atomic E-state index is 0.221. The van der Waals surface area contributed by atoms with E-state index in [1.165, 1.54) is 20.1 Å². The number of aryl methyl sites for hydroxylation is 1. The van der Waals surface area contributed by atoms with Gasteiger partial charge >= 0.3 is 5.97 Å². The van der Waals surface area contributed by atoms with E-state index in [-0.39, 0.29) is 5.13 Å². The Morgan fingerprint density at radius 1 is 1.12 bits per heavy atom. The van der Waals surface area contributed by atoms with E-state index in [4.69, 9.17) is 14.2 Å². The zero-order valence-electron chi connectivity index (χ0n) is 17.5. The Morgan fingerprint density at radius 2 is 1.91 bits per heavy atom. The van der Waals surface area contributed by atoms with Crippen molar-refractivity contribution < 1.29 is 32.6 Å². The molecule has 0 saturated carbocycles. The first-order valence-corrected chi connectivity index (χ1v) is 10.3. The Balaban J connectivity index is 1.53. The summed E-state index contributed by atoms with van der Waals surface area (Å²) in [5.41, 5.74) is 1.70. The Bertz CT molecular complexity index is 1140. The number of nitrogens with zero attached hydrogens (tertiary/aromatic N) is 1. The molecule has 0 aliphatic heterocycles. The zero-order valence-corrected chi connectivity index (χ0v) is 18.3. The normalized spacial score (nSPS) is 11.5. The molecule has 32 heavy (non-hydrogen) atoms. The van der Waals surface area contributed by atoms with Crippen LogP contribution >= 0.6 is 11.3 Å². The summed E-state index contributed by atoms with van der Waals surface area (Å²) in [5, 5.41) is 4.33. The summed E-state index contributed by atoms with van der Waals surface area (Å²) in [6, 6.07) is 8.64. The van der Waals surface area contributed by atoms with Gasteiger partial charge in [0.1, 0.15) is 0 Å². The maximum absolute atomic E-state index is 13.4. The van der Waals surface area contributed by atoms with Crippen molar-refractivity contribution in [3.63, 3.8) is 0 Å². The third kappa shape index (κ3) is 5.79. The molecule has 1 amide bonds. The van der Waals surface area contributed by atoms with Gasteiger partial charge < -0.3 is 14.2 Å². The number of methoxy groups -OCH3 is 1. The molecule has 168 valence electrons. The number of anilines is 1. The second-order valence-corrected chi connectivity index (χ2v) is 7.59. The van der Waals surface area contributed by atoms with Crippen LogP contribution in [0.5, 0.6) is 11.5 Å². The number of thiazole rings is 1. The lowest BCUT2D eigenvalue weighted by Gasteiger charge is -2.14. The first kappa shape index (κ1) is 23.1. The van der Waals surface area contributed by atoms with Crippen molar-refractivity contribution in [3.05, 3.63) is 59.0 Å². The van der Waals surface area contributed by atoms with Crippen LogP contribution in [0.2, 0.25) is 0 Å². The highest BCUT2D eigenvalue weighted by Gasteiger charge is 2.20. The van der Waals surface area contributed by atoms with Gasteiger partial charge in [0.15, 0.2) is 41.0 Å². The Kier molecular flexibility index (Phi) is 7.37. The highest BCUT2D eigenvalue weighted by atomic mass is 32.1. The van der Waals surface area contributed by atoms with Gasteiger partial charge in [-0.15, -0.1) is 11.3 Å². The van der Waals surface area contributed by atoms with E-state index in [1.54, 1.807) is 17.5 Å². The smallest absolute Gasteiger partial charge is 0.344 e. The van der Waals surface area contributed by atoms with Crippen LogP contribution in [-0.4, -0.2) is 36.7 Å². The number of nitrogens with one attached hydrogen (secondary N) is 1. The number of benzene rings is 2. The number of esters is 1. The van der Waals surface area contributed by atoms with Gasteiger partial charge in [-0.1, -0.05) is 6.07 Å². The van der Waals surface area contributed by atoms with Crippen LogP contribution in [0.1, 0.15) is 12.5 Å². The molecule has 0 spiro atoms. The molecular formula is C22H20F2N2O5S. The molecule has 7 nitrogen and oxygen atoms in total. The fraction of sp³-hybridized carbons (Fsp3) is 0.227. The number of hydrogen-bond donors (Lipinski definition) is 1. The Hall–Kier alpha value is -3.53. The van der Waals surface area contributed by atoms with Crippen LogP contribution in [-0.2, 0) is 14.3 Å². The van der Waals surface area contributed by atoms with Crippen LogP contribution in [0.15, 0.2) is 41.8 Å². The lowest BCUT2D eigenvalue weighted by atomic mass is 10.2. The van der Waals surface area contributed by atoms with E-state index in [0.29, 0.717) is 22.8 Å². The lowest BCUT2D eigenvalue weighted by molar-refractivity contribution is -0.155. The Morgan fingerprint density at radius 3 is 2.62 bits per heavy atom. The van der Waals surface area contributed by atoms with E-state index in [2.05, 4.69) is 10.3 Å². The predicted molar refractivity (Wildman–Crippen MR) is 115 cm³/mol. The summed E-state index contributed by atoms with van der Waals surface area (Å²) in [6.07, 6.45) is -1.11. The summed E-state index contributed by atoms with van der Waals surface area (Å²) >= 11 is 1.09. The largest absolute Gasteiger partial charge is 0.493 e. The van der Waals surface area contributed by atoms with Crippen molar-refractivity contribution in [3.8, 4) is 22.8 Å². The molecule has 0 aliphatic rings. The van der Waals surface area contributed by atoms with Crippen LogP contribution in [0.4, 0.5) is 13.9 Å². The van der Waals surface area contributed by atoms with Gasteiger partial charge in [-0.25, -0.2) is 18.6 Å². The number of ether oxygens (including phenoxy) is 3. The molecular weight excluding hydrogens is 442 g/mol. The molecule has 0 unspecified atom stereocenters. The molecule has 3 aromatic rings. The molecule has 2 aromatic carbocycles. The van der Waals surface area contributed by atoms with Gasteiger partial charge in [-0.2, -0.15) is 0 Å². The van der Waals surface area contributed by atoms with Gasteiger partial charge in [0, 0.05) is 10.9 Å². The second-order valence-electron chi connectivity index (χ2n) is 6.73. The predicted octanol–water partition coefficient (Wildman–Crippen LogP) is 4.35. The molecule has 1 N–H and O–H groups in total. The summed E-state index contributed by atoms with van der Waals surface area (Å²) < 4.78 is 42.2. The van der Waals surface area contributed by atoms with Crippen LogP contribution in [0.25, 0.3) is 11.3 Å². The summed E-state index contributed by atoms with van der Waals surface area (Å²) in [5.74, 6) is -2.44. The zero-order chi connectivity index (χ0) is 23.3. The summed E-state index contributed by atoms with van der Waals surface area (Å²) in [7, 11) is 1.49. The third-order valence-corrected chi connectivity index (χ3v) is 5.05. The van der Waals surface area contributed by atoms with E-state index >= 15 is 0 Å². The third-order valence-electron chi connectivity index (χ3n) is 4.29. The molecule has 1 atom stereocenters. The standard InChI is InChI=1S/C22H20F2N2O5S/c1-12-4-7-18(19(8-12)29-3)30-10-20(27)31-13(2)21(28)26-22-25-17(11-32-22)14-5-6-15(23)16(24)9-14/h4-9,11,13H,10H2,1-3H3,(H,25,26,28)/t13-/m1/s1. The second kappa shape index (κ2) is 10.2. The minimum Gasteiger partial charge on any atom is -0.493 e. The number of carbonyl (C=O) groups excluding carboxylic acids is 2. The van der Waals surface area contributed by atoms with Crippen LogP contribution in [0.3, 0.4) is 0 Å². The van der Waals surface area contributed by atoms with Gasteiger partial charge in [0.25, 0.3) is 5.91 Å². The maximum Gasteiger partial charge on any atom is 0.344 e. The van der Waals surface area contributed by atoms with Crippen molar-refractivity contribution in [1.82, 2.24) is 4.98 Å². The molecule has 1 aromatic heterocycles. The fourth-order valence-corrected chi connectivity index (χ4v) is 3.36. The van der Waals surface area contributed by atoms with Crippen LogP contribution in [0, 0.1) is 18.6 Å². The fourth-order valence-electron chi connectivity index (χ4n) is 2.64. The monoisotopic (exact) mass is 462 g/mol. The number of carbonyl (C=O) groups is 2. The van der Waals surface area contributed by atoms with Gasteiger partial charge in [-0.3, -0.25) is 10.1 Å². The lowest BCUT2D eigenvalue weighted by Crippen LogP contribution is -2.31. The van der Waals surface area contributed by atoms with E-state index in [0.717, 1.165) is 29.0 Å². The molecule has 0 bridgehead atoms. The van der Waals surface area contributed by atoms with E-state index in [9.17, 15) is 18.4 Å². The van der Waals surface area contributed by atoms with Crippen molar-refractivity contribution in [2.24, 2.45) is 0 Å². The number of amides is 1. The molecule has 3 rings (SSSR count). The molecule has 0 aliphatic carbocycles. The van der Waals surface area contributed by atoms with Crippen LogP contribution < -0.4 is 14.8 Å². The van der Waals surface area contributed by atoms with Gasteiger partial charge in [0.05, 0.1) is 12.8 Å². The number of aromatic nitrogens is 1. The Labute approximate surface area is 187 Å². The first-order chi connectivity index (χ1) is 15.3. The number of hydrogen-bond acceptors (Lipinski definition) is 7. The van der Waals surface area contributed by atoms with Crippen molar-refractivity contribution in [2.45, 2.75) is 20.0 Å². The van der Waals surface area contributed by atoms with Gasteiger partial charge in [-0.05, 0) is 49.7 Å². The van der Waals surface area contributed by atoms with E-state index < -0.39 is 36.2 Å². The molecule has 1 heterocycles. The first-order valence-electron chi connectivity index (χ1n) is 9.45. The average Bonchev–Trinajstić information content (AvgIpc) is 3.23. The summed E-state index contributed by atoms with van der Waals surface area (Å²) in [4.78, 5) is 28.5. The summed E-state index contributed by atoms with van der Waals surface area (Å²) in [6.45, 7) is 2.89. The van der Waals surface area contributed by atoms with E-state index in [1.807, 2.05) is 13.0 Å². The van der Waals surface area contributed by atoms with Crippen molar-refractivity contribution >= 4 is 28.3 Å². The molecule has 0 fully saturated rings. The van der Waals surface area contributed by atoms with Crippen molar-refractivity contribution in [1.29, 1.82) is 0 Å². The highest BCUT2D eigenvalue weighted by Crippen LogP contribution is 2.28. The molecule has 0 radical (unpaired) electrons. The minimum atomic E-state index is -1.11. The number of rotatable bonds is 8. The molecule has 10 heteroatoms. The quantitative estimate of drug-likeness (QED) is 0.501. The highest BCUT2D eigenvalue weighted by molar-refractivity contribution is 7.14. The number of halogens is 2.